The maximum Gasteiger partial charge on any atom is 0.286 e. The fourth-order valence-corrected chi connectivity index (χ4v) is 5.11. The van der Waals surface area contributed by atoms with E-state index in [9.17, 15) is 9.59 Å². The second kappa shape index (κ2) is 8.47. The van der Waals surface area contributed by atoms with Crippen LogP contribution in [0.25, 0.3) is 10.2 Å². The molecular formula is C22H24N2O5S. The van der Waals surface area contributed by atoms with Crippen LogP contribution in [0, 0.1) is 5.92 Å². The molecule has 1 aromatic heterocycles. The number of ether oxygens (including phenoxy) is 3. The Morgan fingerprint density at radius 3 is 2.77 bits per heavy atom. The lowest BCUT2D eigenvalue weighted by Crippen LogP contribution is -2.38. The number of Topliss-reactive ketones (excluding diaryl/α,β-unsaturated/α-hetero) is 1. The molecule has 7 nitrogen and oxygen atoms in total. The van der Waals surface area contributed by atoms with Gasteiger partial charge in [0.1, 0.15) is 11.7 Å². The molecule has 1 amide bonds. The van der Waals surface area contributed by atoms with Crippen LogP contribution in [0.5, 0.6) is 11.5 Å². The summed E-state index contributed by atoms with van der Waals surface area (Å²) >= 11 is 1.34. The number of ketones is 1. The molecule has 0 saturated heterocycles. The number of amides is 1. The highest BCUT2D eigenvalue weighted by atomic mass is 32.1. The Morgan fingerprint density at radius 1 is 1.30 bits per heavy atom. The molecule has 2 unspecified atom stereocenters. The van der Waals surface area contributed by atoms with Gasteiger partial charge in [-0.1, -0.05) is 23.8 Å². The number of carbonyl (C=O) groups is 2. The highest BCUT2D eigenvalue weighted by molar-refractivity contribution is 7.16. The van der Waals surface area contributed by atoms with Gasteiger partial charge in [-0.15, -0.1) is 6.58 Å². The molecular weight excluding hydrogens is 404 g/mol. The number of methoxy groups -OCH3 is 2. The summed E-state index contributed by atoms with van der Waals surface area (Å²) in [5, 5.41) is 0. The normalized spacial score (nSPS) is 21.6. The van der Waals surface area contributed by atoms with Crippen molar-refractivity contribution in [3.05, 3.63) is 41.4 Å². The van der Waals surface area contributed by atoms with Crippen molar-refractivity contribution in [1.29, 1.82) is 0 Å². The lowest BCUT2D eigenvalue weighted by Gasteiger charge is -2.33. The van der Waals surface area contributed by atoms with Crippen molar-refractivity contribution in [2.45, 2.75) is 38.3 Å². The lowest BCUT2D eigenvalue weighted by molar-refractivity contribution is -0.130. The quantitative estimate of drug-likeness (QED) is 0.539. The van der Waals surface area contributed by atoms with E-state index in [0.29, 0.717) is 22.8 Å². The van der Waals surface area contributed by atoms with Crippen LogP contribution in [0.4, 0.5) is 0 Å². The van der Waals surface area contributed by atoms with E-state index >= 15 is 0 Å². The molecule has 1 aromatic carbocycles. The van der Waals surface area contributed by atoms with Crippen LogP contribution < -0.4 is 14.3 Å². The predicted molar refractivity (Wildman–Crippen MR) is 114 cm³/mol. The third-order valence-electron chi connectivity index (χ3n) is 5.59. The second-order valence-corrected chi connectivity index (χ2v) is 8.35. The van der Waals surface area contributed by atoms with Gasteiger partial charge in [-0.3, -0.25) is 9.59 Å². The zero-order valence-corrected chi connectivity index (χ0v) is 17.9. The molecule has 30 heavy (non-hydrogen) atoms. The molecule has 2 atom stereocenters. The molecule has 1 fully saturated rings. The fraction of sp³-hybridized carbons (Fsp3) is 0.409. The number of allylic oxidation sites excluding steroid dienone is 1. The molecule has 2 aromatic rings. The molecule has 0 spiro atoms. The Balaban J connectivity index is 1.77. The first kappa shape index (κ1) is 20.4. The van der Waals surface area contributed by atoms with E-state index in [1.807, 2.05) is 16.7 Å². The minimum Gasteiger partial charge on any atom is -0.496 e. The number of hydrogen-bond acceptors (Lipinski definition) is 6. The van der Waals surface area contributed by atoms with Crippen molar-refractivity contribution in [3.8, 4) is 11.5 Å². The van der Waals surface area contributed by atoms with Gasteiger partial charge in [-0.2, -0.15) is 4.99 Å². The smallest absolute Gasteiger partial charge is 0.286 e. The Morgan fingerprint density at radius 2 is 2.03 bits per heavy atom. The van der Waals surface area contributed by atoms with E-state index in [1.54, 1.807) is 20.3 Å². The molecule has 8 heteroatoms. The summed E-state index contributed by atoms with van der Waals surface area (Å²) in [6.45, 7) is 4.26. The molecule has 158 valence electrons. The average Bonchev–Trinajstić information content (AvgIpc) is 3.09. The van der Waals surface area contributed by atoms with Crippen LogP contribution in [0.2, 0.25) is 0 Å². The maximum atomic E-state index is 12.9. The van der Waals surface area contributed by atoms with Crippen molar-refractivity contribution >= 4 is 33.2 Å². The zero-order chi connectivity index (χ0) is 21.3. The molecule has 0 N–H and O–H groups in total. The van der Waals surface area contributed by atoms with E-state index in [1.165, 1.54) is 17.6 Å². The van der Waals surface area contributed by atoms with E-state index in [-0.39, 0.29) is 23.4 Å². The summed E-state index contributed by atoms with van der Waals surface area (Å²) in [6, 6.07) is 3.70. The number of nitrogens with zero attached hydrogens (tertiary/aromatic N) is 2. The van der Waals surface area contributed by atoms with Gasteiger partial charge in [0.25, 0.3) is 5.91 Å². The Labute approximate surface area is 178 Å². The highest BCUT2D eigenvalue weighted by Gasteiger charge is 2.39. The molecule has 1 aliphatic carbocycles. The fourth-order valence-electron chi connectivity index (χ4n) is 4.06. The number of aromatic nitrogens is 1. The van der Waals surface area contributed by atoms with Crippen molar-refractivity contribution in [2.24, 2.45) is 10.9 Å². The van der Waals surface area contributed by atoms with E-state index in [4.69, 9.17) is 14.2 Å². The van der Waals surface area contributed by atoms with Crippen LogP contribution in [0.15, 0.2) is 41.6 Å². The molecule has 1 aliphatic heterocycles. The number of thiazole rings is 1. The Bertz CT molecular complexity index is 1110. The molecule has 0 radical (unpaired) electrons. The van der Waals surface area contributed by atoms with Gasteiger partial charge < -0.3 is 18.8 Å². The van der Waals surface area contributed by atoms with Gasteiger partial charge >= 0.3 is 0 Å². The topological polar surface area (TPSA) is 79.1 Å². The van der Waals surface area contributed by atoms with Crippen LogP contribution in [-0.2, 0) is 20.9 Å². The van der Waals surface area contributed by atoms with Gasteiger partial charge in [-0.05, 0) is 19.3 Å². The zero-order valence-electron chi connectivity index (χ0n) is 17.1. The second-order valence-electron chi connectivity index (χ2n) is 7.34. The molecule has 2 heterocycles. The molecule has 1 saturated carbocycles. The minimum atomic E-state index is -0.577. The third kappa shape index (κ3) is 3.56. The van der Waals surface area contributed by atoms with Crippen LogP contribution in [-0.4, -0.2) is 36.6 Å². The predicted octanol–water partition coefficient (Wildman–Crippen LogP) is 3.38. The highest BCUT2D eigenvalue weighted by Crippen LogP contribution is 2.34. The van der Waals surface area contributed by atoms with Crippen molar-refractivity contribution < 1.29 is 23.8 Å². The van der Waals surface area contributed by atoms with E-state index in [0.717, 1.165) is 35.9 Å². The standard InChI is InChI=1S/C22H24N2O5S/c1-4-9-24-15-10-17(27-2)18(28-3)11-19(15)30-22(24)23-21(26)14-12-29-16-8-6-5-7-13(16)20(14)25/h4,10-13,16H,1,5-9H2,2-3H3. The van der Waals surface area contributed by atoms with E-state index < -0.39 is 5.91 Å². The monoisotopic (exact) mass is 428 g/mol. The van der Waals surface area contributed by atoms with Crippen LogP contribution >= 0.6 is 11.3 Å². The van der Waals surface area contributed by atoms with Gasteiger partial charge in [-0.25, -0.2) is 0 Å². The molecule has 0 bridgehead atoms. The molecule has 4 rings (SSSR count). The minimum absolute atomic E-state index is 0.0240. The number of rotatable bonds is 5. The largest absolute Gasteiger partial charge is 0.496 e. The maximum absolute atomic E-state index is 12.9. The Kier molecular flexibility index (Phi) is 5.76. The van der Waals surface area contributed by atoms with E-state index in [2.05, 4.69) is 11.6 Å². The first-order valence-electron chi connectivity index (χ1n) is 9.92. The third-order valence-corrected chi connectivity index (χ3v) is 6.63. The van der Waals surface area contributed by atoms with Gasteiger partial charge in [0.2, 0.25) is 0 Å². The van der Waals surface area contributed by atoms with Crippen molar-refractivity contribution in [3.63, 3.8) is 0 Å². The van der Waals surface area contributed by atoms with Gasteiger partial charge in [0.15, 0.2) is 22.1 Å². The van der Waals surface area contributed by atoms with Crippen molar-refractivity contribution in [2.75, 3.05) is 14.2 Å². The number of benzene rings is 1. The summed E-state index contributed by atoms with van der Waals surface area (Å²) in [5.41, 5.74) is 0.868. The summed E-state index contributed by atoms with van der Waals surface area (Å²) in [4.78, 5) is 30.5. The summed E-state index contributed by atoms with van der Waals surface area (Å²) in [5.74, 6) is 0.207. The van der Waals surface area contributed by atoms with Crippen molar-refractivity contribution in [1.82, 2.24) is 4.57 Å². The Hall–Kier alpha value is -2.87. The average molecular weight is 429 g/mol. The van der Waals surface area contributed by atoms with Crippen LogP contribution in [0.1, 0.15) is 25.7 Å². The lowest BCUT2D eigenvalue weighted by atomic mass is 9.80. The number of carbonyl (C=O) groups excluding carboxylic acids is 2. The number of fused-ring (bicyclic) bond motifs is 2. The van der Waals surface area contributed by atoms with Gasteiger partial charge in [0, 0.05) is 18.7 Å². The van der Waals surface area contributed by atoms with Crippen LogP contribution in [0.3, 0.4) is 0 Å². The first-order valence-corrected chi connectivity index (χ1v) is 10.7. The summed E-state index contributed by atoms with van der Waals surface area (Å²) in [7, 11) is 3.14. The van der Waals surface area contributed by atoms with Gasteiger partial charge in [0.05, 0.1) is 36.6 Å². The SMILES string of the molecule is C=CCn1c(=NC(=O)C2=COC3CCCCC3C2=O)sc2cc(OC)c(OC)cc21. The summed E-state index contributed by atoms with van der Waals surface area (Å²) in [6.07, 6.45) is 6.56. The molecule has 2 aliphatic rings. The summed E-state index contributed by atoms with van der Waals surface area (Å²) < 4.78 is 19.2. The first-order chi connectivity index (χ1) is 14.6. The number of hydrogen-bond donors (Lipinski definition) is 0.